The molecule has 0 unspecified atom stereocenters. The third-order valence-corrected chi connectivity index (χ3v) is 5.42. The molecule has 0 bridgehead atoms. The van der Waals surface area contributed by atoms with Gasteiger partial charge in [-0.25, -0.2) is 4.79 Å². The van der Waals surface area contributed by atoms with Crippen LogP contribution in [0.4, 0.5) is 10.5 Å². The van der Waals surface area contributed by atoms with Gasteiger partial charge in [0.05, 0.1) is 12.4 Å². The quantitative estimate of drug-likeness (QED) is 0.185. The van der Waals surface area contributed by atoms with Crippen LogP contribution in [-0.2, 0) is 14.3 Å². The number of carbonyl (C=O) groups excluding carboxylic acids is 2. The van der Waals surface area contributed by atoms with E-state index in [0.717, 1.165) is 9.37 Å². The van der Waals surface area contributed by atoms with Gasteiger partial charge in [-0.2, -0.15) is 12.6 Å². The summed E-state index contributed by atoms with van der Waals surface area (Å²) in [6, 6.07) is 12.3. The fraction of sp³-hybridized carbons (Fsp3) is 0.300. The first-order valence-electron chi connectivity index (χ1n) is 8.79. The Balaban J connectivity index is 2.05. The highest BCUT2D eigenvalue weighted by Crippen LogP contribution is 2.33. The number of phenols is 1. The molecule has 0 aliphatic carbocycles. The van der Waals surface area contributed by atoms with E-state index in [4.69, 9.17) is 9.47 Å². The molecule has 2 rings (SSSR count). The van der Waals surface area contributed by atoms with Crippen LogP contribution in [0.1, 0.15) is 24.5 Å². The number of amides is 1. The average Bonchev–Trinajstić information content (AvgIpc) is 2.72. The molecular weight excluding hydrogens is 478 g/mol. The fourth-order valence-corrected chi connectivity index (χ4v) is 3.39. The third-order valence-electron chi connectivity index (χ3n) is 3.92. The van der Waals surface area contributed by atoms with Gasteiger partial charge in [0.25, 0.3) is 0 Å². The molecule has 6 nitrogen and oxygen atoms in total. The number of aromatic hydroxyl groups is 1. The average molecular weight is 500 g/mol. The fourth-order valence-electron chi connectivity index (χ4n) is 2.51. The van der Waals surface area contributed by atoms with Crippen molar-refractivity contribution in [2.45, 2.75) is 23.8 Å². The van der Waals surface area contributed by atoms with Gasteiger partial charge in [0.2, 0.25) is 0 Å². The van der Waals surface area contributed by atoms with Crippen molar-refractivity contribution in [1.29, 1.82) is 0 Å². The number of nitrogens with one attached hydrogen (secondary N) is 1. The first-order chi connectivity index (χ1) is 13.9. The van der Waals surface area contributed by atoms with E-state index in [1.54, 1.807) is 36.0 Å². The predicted octanol–water partition coefficient (Wildman–Crippen LogP) is 5.42. The molecule has 2 aromatic rings. The first kappa shape index (κ1) is 23.4. The van der Waals surface area contributed by atoms with Gasteiger partial charge in [-0.1, -0.05) is 15.9 Å². The summed E-state index contributed by atoms with van der Waals surface area (Å²) in [5, 5.41) is 12.9. The number of phenolic OH excluding ortho intramolecular Hbond substituents is 1. The van der Waals surface area contributed by atoms with E-state index in [9.17, 15) is 14.7 Å². The number of ether oxygens (including phenoxy) is 2. The number of anilines is 1. The lowest BCUT2D eigenvalue weighted by Crippen LogP contribution is -2.18. The number of thiol groups is 1. The Labute approximate surface area is 187 Å². The van der Waals surface area contributed by atoms with Crippen LogP contribution >= 0.6 is 40.3 Å². The Morgan fingerprint density at radius 2 is 1.97 bits per heavy atom. The SMILES string of the molecule is CSc1ccc(NC(=O)O[C@H](CCCOC(=O)CS)c2cc(Br)ccc2O)cc1. The van der Waals surface area contributed by atoms with Crippen molar-refractivity contribution in [3.05, 3.63) is 52.5 Å². The minimum Gasteiger partial charge on any atom is -0.508 e. The smallest absolute Gasteiger partial charge is 0.412 e. The summed E-state index contributed by atoms with van der Waals surface area (Å²) in [4.78, 5) is 24.7. The van der Waals surface area contributed by atoms with E-state index < -0.39 is 18.2 Å². The van der Waals surface area contributed by atoms with Crippen molar-refractivity contribution in [1.82, 2.24) is 0 Å². The molecule has 0 heterocycles. The Morgan fingerprint density at radius 1 is 1.24 bits per heavy atom. The molecule has 0 aromatic heterocycles. The highest BCUT2D eigenvalue weighted by atomic mass is 79.9. The maximum Gasteiger partial charge on any atom is 0.412 e. The van der Waals surface area contributed by atoms with Crippen LogP contribution in [0.2, 0.25) is 0 Å². The van der Waals surface area contributed by atoms with Gasteiger partial charge in [0.15, 0.2) is 0 Å². The molecule has 0 fully saturated rings. The minimum atomic E-state index is -0.715. The summed E-state index contributed by atoms with van der Waals surface area (Å²) < 4.78 is 11.3. The minimum absolute atomic E-state index is 0.00405. The number of carbonyl (C=O) groups is 2. The largest absolute Gasteiger partial charge is 0.508 e. The van der Waals surface area contributed by atoms with E-state index in [-0.39, 0.29) is 18.1 Å². The molecule has 1 atom stereocenters. The molecule has 0 aliphatic rings. The van der Waals surface area contributed by atoms with E-state index >= 15 is 0 Å². The second-order valence-electron chi connectivity index (χ2n) is 5.97. The van der Waals surface area contributed by atoms with Crippen LogP contribution in [0, 0.1) is 0 Å². The summed E-state index contributed by atoms with van der Waals surface area (Å²) >= 11 is 8.82. The molecule has 9 heteroatoms. The number of thioether (sulfide) groups is 1. The number of rotatable bonds is 9. The monoisotopic (exact) mass is 499 g/mol. The maximum atomic E-state index is 12.4. The Morgan fingerprint density at radius 3 is 2.62 bits per heavy atom. The Kier molecular flexibility index (Phi) is 9.69. The first-order valence-corrected chi connectivity index (χ1v) is 11.4. The van der Waals surface area contributed by atoms with Crippen LogP contribution in [0.5, 0.6) is 5.75 Å². The lowest BCUT2D eigenvalue weighted by Gasteiger charge is -2.20. The molecule has 0 saturated carbocycles. The van der Waals surface area contributed by atoms with Crippen LogP contribution in [-0.4, -0.2) is 35.8 Å². The molecule has 29 heavy (non-hydrogen) atoms. The van der Waals surface area contributed by atoms with Crippen LogP contribution < -0.4 is 5.32 Å². The molecule has 0 radical (unpaired) electrons. The van der Waals surface area contributed by atoms with Crippen molar-refractivity contribution >= 4 is 58.1 Å². The van der Waals surface area contributed by atoms with Crippen molar-refractivity contribution < 1.29 is 24.2 Å². The van der Waals surface area contributed by atoms with Gasteiger partial charge in [-0.05, 0) is 61.6 Å². The molecule has 1 amide bonds. The van der Waals surface area contributed by atoms with E-state index in [1.165, 1.54) is 6.07 Å². The van der Waals surface area contributed by atoms with Crippen molar-refractivity contribution in [3.63, 3.8) is 0 Å². The zero-order valence-corrected chi connectivity index (χ0v) is 19.1. The summed E-state index contributed by atoms with van der Waals surface area (Å²) in [5.74, 6) is -0.394. The summed E-state index contributed by atoms with van der Waals surface area (Å²) in [6.45, 7) is 0.172. The lowest BCUT2D eigenvalue weighted by molar-refractivity contribution is -0.140. The number of esters is 1. The van der Waals surface area contributed by atoms with Crippen LogP contribution in [0.3, 0.4) is 0 Å². The van der Waals surface area contributed by atoms with Gasteiger partial charge in [0.1, 0.15) is 11.9 Å². The molecular formula is C20H22BrNO5S2. The molecule has 0 saturated heterocycles. The maximum absolute atomic E-state index is 12.4. The molecule has 0 aliphatic heterocycles. The number of benzene rings is 2. The zero-order valence-electron chi connectivity index (χ0n) is 15.8. The lowest BCUT2D eigenvalue weighted by atomic mass is 10.0. The highest BCUT2D eigenvalue weighted by Gasteiger charge is 2.21. The summed E-state index contributed by atoms with van der Waals surface area (Å²) in [7, 11) is 0. The van der Waals surface area contributed by atoms with E-state index in [1.807, 2.05) is 18.4 Å². The molecule has 2 N–H and O–H groups in total. The van der Waals surface area contributed by atoms with Crippen LogP contribution in [0.25, 0.3) is 0 Å². The van der Waals surface area contributed by atoms with E-state index in [0.29, 0.717) is 24.1 Å². The van der Waals surface area contributed by atoms with Crippen molar-refractivity contribution in [2.75, 3.05) is 23.9 Å². The number of hydrogen-bond acceptors (Lipinski definition) is 7. The molecule has 0 spiro atoms. The van der Waals surface area contributed by atoms with Gasteiger partial charge < -0.3 is 14.6 Å². The second kappa shape index (κ2) is 12.0. The Bertz CT molecular complexity index is 832. The van der Waals surface area contributed by atoms with Crippen LogP contribution in [0.15, 0.2) is 51.8 Å². The van der Waals surface area contributed by atoms with Gasteiger partial charge in [0, 0.05) is 20.6 Å². The highest BCUT2D eigenvalue weighted by molar-refractivity contribution is 9.10. The predicted molar refractivity (Wildman–Crippen MR) is 121 cm³/mol. The second-order valence-corrected chi connectivity index (χ2v) is 8.08. The van der Waals surface area contributed by atoms with Gasteiger partial charge in [-0.3, -0.25) is 10.1 Å². The third kappa shape index (κ3) is 7.83. The Hall–Kier alpha value is -1.84. The van der Waals surface area contributed by atoms with Gasteiger partial charge >= 0.3 is 12.1 Å². The van der Waals surface area contributed by atoms with Crippen molar-refractivity contribution in [2.24, 2.45) is 0 Å². The standard InChI is InChI=1S/C20H22BrNO5S2/c1-29-15-7-5-14(6-8-15)22-20(25)27-18(3-2-10-26-19(24)12-28)16-11-13(21)4-9-17(16)23/h4-9,11,18,23,28H,2-3,10,12H2,1H3,(H,22,25)/t18-/m1/s1. The molecule has 156 valence electrons. The number of halogens is 1. The normalized spacial score (nSPS) is 11.6. The van der Waals surface area contributed by atoms with Crippen molar-refractivity contribution in [3.8, 4) is 5.75 Å². The summed E-state index contributed by atoms with van der Waals surface area (Å²) in [6.07, 6.45) is 1.43. The topological polar surface area (TPSA) is 84.9 Å². The zero-order chi connectivity index (χ0) is 21.2. The van der Waals surface area contributed by atoms with Gasteiger partial charge in [-0.15, -0.1) is 11.8 Å². The number of hydrogen-bond donors (Lipinski definition) is 3. The summed E-state index contributed by atoms with van der Waals surface area (Å²) in [5.41, 5.74) is 1.07. The van der Waals surface area contributed by atoms with E-state index in [2.05, 4.69) is 33.9 Å². The molecule has 2 aromatic carbocycles.